The predicted octanol–water partition coefficient (Wildman–Crippen LogP) is 4.37. The lowest BCUT2D eigenvalue weighted by Gasteiger charge is -2.16. The van der Waals surface area contributed by atoms with Gasteiger partial charge in [0.2, 0.25) is 0 Å². The molecule has 0 saturated heterocycles. The maximum Gasteiger partial charge on any atom is 0.169 e. The molecule has 0 fully saturated rings. The van der Waals surface area contributed by atoms with Gasteiger partial charge in [-0.25, -0.2) is 8.78 Å². The molecule has 0 aromatic heterocycles. The fourth-order valence-electron chi connectivity index (χ4n) is 2.14. The number of hydrogen-bond acceptors (Lipinski definition) is 2. The lowest BCUT2D eigenvalue weighted by molar-refractivity contribution is 0.0903. The Hall–Kier alpha value is -1.45. The van der Waals surface area contributed by atoms with Crippen LogP contribution in [0.15, 0.2) is 12.1 Å². The highest BCUT2D eigenvalue weighted by molar-refractivity contribution is 6.00. The molecule has 0 aliphatic rings. The highest BCUT2D eigenvalue weighted by Crippen LogP contribution is 2.28. The van der Waals surface area contributed by atoms with Crippen molar-refractivity contribution in [2.24, 2.45) is 5.92 Å². The molecule has 0 aliphatic carbocycles. The molecular weight excluding hydrogens is 250 g/mol. The fraction of sp³-hybridized carbons (Fsp3) is 0.533. The van der Waals surface area contributed by atoms with Crippen molar-refractivity contribution in [1.29, 1.82) is 0 Å². The van der Waals surface area contributed by atoms with Gasteiger partial charge < -0.3 is 4.74 Å². The van der Waals surface area contributed by atoms with Crippen LogP contribution in [0.2, 0.25) is 0 Å². The van der Waals surface area contributed by atoms with Gasteiger partial charge in [0.15, 0.2) is 17.3 Å². The molecule has 1 rings (SSSR count). The Balaban J connectivity index is 3.09. The van der Waals surface area contributed by atoms with Crippen LogP contribution >= 0.6 is 0 Å². The zero-order valence-corrected chi connectivity index (χ0v) is 11.6. The number of rotatable bonds is 7. The van der Waals surface area contributed by atoms with Gasteiger partial charge in [0, 0.05) is 12.0 Å². The second-order valence-electron chi connectivity index (χ2n) is 4.58. The van der Waals surface area contributed by atoms with Gasteiger partial charge in [0.1, 0.15) is 5.82 Å². The second-order valence-corrected chi connectivity index (χ2v) is 4.58. The molecule has 1 unspecified atom stereocenters. The van der Waals surface area contributed by atoms with Gasteiger partial charge in [-0.2, -0.15) is 0 Å². The molecule has 1 aromatic rings. The summed E-state index contributed by atoms with van der Waals surface area (Å²) in [5.41, 5.74) is 0.00273. The first-order valence-corrected chi connectivity index (χ1v) is 6.62. The van der Waals surface area contributed by atoms with Gasteiger partial charge in [-0.15, -0.1) is 0 Å². The molecule has 0 radical (unpaired) electrons. The first-order valence-electron chi connectivity index (χ1n) is 6.62. The molecule has 1 aromatic carbocycles. The van der Waals surface area contributed by atoms with Crippen LogP contribution in [0.3, 0.4) is 0 Å². The molecule has 4 heteroatoms. The number of Topliss-reactive ketones (excluding diaryl/α,β-unsaturated/α-hetero) is 1. The van der Waals surface area contributed by atoms with Crippen molar-refractivity contribution < 1.29 is 18.3 Å². The van der Waals surface area contributed by atoms with Crippen molar-refractivity contribution in [3.8, 4) is 5.75 Å². The van der Waals surface area contributed by atoms with Crippen LogP contribution < -0.4 is 4.74 Å². The van der Waals surface area contributed by atoms with Gasteiger partial charge in [0.05, 0.1) is 12.7 Å². The Morgan fingerprint density at radius 2 is 2.00 bits per heavy atom. The molecule has 2 nitrogen and oxygen atoms in total. The molecule has 0 saturated carbocycles. The molecule has 0 aliphatic heterocycles. The summed E-state index contributed by atoms with van der Waals surface area (Å²) in [6.07, 6.45) is 3.29. The van der Waals surface area contributed by atoms with E-state index in [2.05, 4.69) is 0 Å². The zero-order valence-electron chi connectivity index (χ0n) is 11.6. The fourth-order valence-corrected chi connectivity index (χ4v) is 2.14. The van der Waals surface area contributed by atoms with E-state index < -0.39 is 11.6 Å². The first kappa shape index (κ1) is 15.6. The number of ketones is 1. The highest BCUT2D eigenvalue weighted by Gasteiger charge is 2.24. The summed E-state index contributed by atoms with van der Waals surface area (Å²) < 4.78 is 31.7. The maximum absolute atomic E-state index is 13.6. The third kappa shape index (κ3) is 3.75. The van der Waals surface area contributed by atoms with E-state index in [9.17, 15) is 13.6 Å². The number of unbranched alkanes of at least 4 members (excludes halogenated alkanes) is 1. The third-order valence-electron chi connectivity index (χ3n) is 3.25. The number of carbonyl (C=O) groups is 1. The van der Waals surface area contributed by atoms with Crippen LogP contribution in [-0.4, -0.2) is 12.9 Å². The standard InChI is InChI=1S/C15H20F2O2/c1-4-6-7-10(5-2)14(18)12-8-11(16)9-13(17)15(12)19-3/h8-10H,4-7H2,1-3H3. The number of methoxy groups -OCH3 is 1. The molecule has 19 heavy (non-hydrogen) atoms. The van der Waals surface area contributed by atoms with Gasteiger partial charge >= 0.3 is 0 Å². The Morgan fingerprint density at radius 1 is 1.32 bits per heavy atom. The Labute approximate surface area is 112 Å². The molecule has 0 bridgehead atoms. The minimum atomic E-state index is -0.837. The molecule has 106 valence electrons. The summed E-state index contributed by atoms with van der Waals surface area (Å²) in [5.74, 6) is -2.22. The van der Waals surface area contributed by atoms with Crippen molar-refractivity contribution in [3.05, 3.63) is 29.3 Å². The van der Waals surface area contributed by atoms with Gasteiger partial charge in [-0.05, 0) is 18.9 Å². The van der Waals surface area contributed by atoms with Gasteiger partial charge in [-0.3, -0.25) is 4.79 Å². The summed E-state index contributed by atoms with van der Waals surface area (Å²) in [6, 6.07) is 1.78. The minimum absolute atomic E-state index is 0.00273. The summed E-state index contributed by atoms with van der Waals surface area (Å²) in [7, 11) is 1.28. The minimum Gasteiger partial charge on any atom is -0.493 e. The zero-order chi connectivity index (χ0) is 14.4. The molecule has 0 N–H and O–H groups in total. The van der Waals surface area contributed by atoms with E-state index in [0.717, 1.165) is 31.4 Å². The van der Waals surface area contributed by atoms with Crippen LogP contribution in [0.4, 0.5) is 8.78 Å². The summed E-state index contributed by atoms with van der Waals surface area (Å²) in [4.78, 5) is 12.4. The molecule has 0 spiro atoms. The van der Waals surface area contributed by atoms with E-state index in [1.807, 2.05) is 13.8 Å². The van der Waals surface area contributed by atoms with Crippen molar-refractivity contribution in [2.75, 3.05) is 7.11 Å². The van der Waals surface area contributed by atoms with E-state index in [4.69, 9.17) is 4.74 Å². The van der Waals surface area contributed by atoms with Crippen molar-refractivity contribution in [1.82, 2.24) is 0 Å². The van der Waals surface area contributed by atoms with Crippen molar-refractivity contribution in [2.45, 2.75) is 39.5 Å². The SMILES string of the molecule is CCCCC(CC)C(=O)c1cc(F)cc(F)c1OC. The smallest absolute Gasteiger partial charge is 0.169 e. The third-order valence-corrected chi connectivity index (χ3v) is 3.25. The molecular formula is C15H20F2O2. The summed E-state index contributed by atoms with van der Waals surface area (Å²) >= 11 is 0. The van der Waals surface area contributed by atoms with E-state index in [1.165, 1.54) is 7.11 Å². The Morgan fingerprint density at radius 3 is 2.53 bits per heavy atom. The normalized spacial score (nSPS) is 12.3. The quantitative estimate of drug-likeness (QED) is 0.687. The summed E-state index contributed by atoms with van der Waals surface area (Å²) in [5, 5.41) is 0. The number of benzene rings is 1. The number of halogens is 2. The lowest BCUT2D eigenvalue weighted by atomic mass is 9.90. The van der Waals surface area contributed by atoms with Crippen LogP contribution in [0.5, 0.6) is 5.75 Å². The monoisotopic (exact) mass is 270 g/mol. The number of carbonyl (C=O) groups excluding carboxylic acids is 1. The largest absolute Gasteiger partial charge is 0.493 e. The Kier molecular flexibility index (Phi) is 5.93. The van der Waals surface area contributed by atoms with Gasteiger partial charge in [-0.1, -0.05) is 26.7 Å². The Bertz CT molecular complexity index is 444. The molecule has 0 amide bonds. The van der Waals surface area contributed by atoms with Crippen LogP contribution in [0.1, 0.15) is 49.9 Å². The average molecular weight is 270 g/mol. The highest BCUT2D eigenvalue weighted by atomic mass is 19.1. The second kappa shape index (κ2) is 7.22. The van der Waals surface area contributed by atoms with E-state index in [1.54, 1.807) is 0 Å². The maximum atomic E-state index is 13.6. The molecule has 0 heterocycles. The van der Waals surface area contributed by atoms with Crippen LogP contribution in [0, 0.1) is 17.6 Å². The molecule has 1 atom stereocenters. The van der Waals surface area contributed by atoms with Crippen molar-refractivity contribution >= 4 is 5.78 Å². The van der Waals surface area contributed by atoms with Crippen molar-refractivity contribution in [3.63, 3.8) is 0 Å². The number of ether oxygens (including phenoxy) is 1. The van der Waals surface area contributed by atoms with Crippen LogP contribution in [0.25, 0.3) is 0 Å². The van der Waals surface area contributed by atoms with E-state index in [0.29, 0.717) is 6.42 Å². The van der Waals surface area contributed by atoms with E-state index >= 15 is 0 Å². The average Bonchev–Trinajstić information content (AvgIpc) is 2.38. The van der Waals surface area contributed by atoms with Gasteiger partial charge in [0.25, 0.3) is 0 Å². The van der Waals surface area contributed by atoms with E-state index in [-0.39, 0.29) is 23.0 Å². The topological polar surface area (TPSA) is 26.3 Å². The first-order chi connectivity index (χ1) is 9.04. The lowest BCUT2D eigenvalue weighted by Crippen LogP contribution is -2.16. The van der Waals surface area contributed by atoms with Crippen LogP contribution in [-0.2, 0) is 0 Å². The number of hydrogen-bond donors (Lipinski definition) is 0. The summed E-state index contributed by atoms with van der Waals surface area (Å²) in [6.45, 7) is 3.94. The predicted molar refractivity (Wildman–Crippen MR) is 70.5 cm³/mol.